The molecule has 0 saturated heterocycles. The second-order valence-electron chi connectivity index (χ2n) is 5.31. The van der Waals surface area contributed by atoms with Gasteiger partial charge in [-0.1, -0.05) is 48.0 Å². The molecule has 3 heteroatoms. The van der Waals surface area contributed by atoms with Crippen LogP contribution in [0.3, 0.4) is 0 Å². The molecule has 0 bridgehead atoms. The maximum Gasteiger partial charge on any atom is 0.228 e. The highest BCUT2D eigenvalue weighted by Gasteiger charge is 2.43. The molecule has 2 atom stereocenters. The van der Waals surface area contributed by atoms with Crippen LogP contribution in [0.1, 0.15) is 23.5 Å². The highest BCUT2D eigenvalue weighted by Crippen LogP contribution is 2.47. The molecular formula is C17H16ClNO. The molecule has 0 aromatic heterocycles. The lowest BCUT2D eigenvalue weighted by Crippen LogP contribution is -2.14. The number of benzene rings is 2. The molecule has 1 aliphatic rings. The first-order valence-corrected chi connectivity index (χ1v) is 7.15. The molecule has 2 aromatic rings. The summed E-state index contributed by atoms with van der Waals surface area (Å²) in [6.07, 6.45) is 0.926. The number of rotatable bonds is 3. The van der Waals surface area contributed by atoms with E-state index >= 15 is 0 Å². The van der Waals surface area contributed by atoms with Gasteiger partial charge >= 0.3 is 0 Å². The SMILES string of the molecule is Cc1ccc(NC(=O)[C@H]2C[C@H]2c2ccccc2)cc1Cl. The standard InChI is InChI=1S/C17H16ClNO/c1-11-7-8-13(9-16(11)18)19-17(20)15-10-14(15)12-5-3-2-4-6-12/h2-9,14-15H,10H2,1H3,(H,19,20)/t14-,15-/m0/s1. The van der Waals surface area contributed by atoms with E-state index in [1.54, 1.807) is 6.07 Å². The Hall–Kier alpha value is -1.80. The molecule has 2 aromatic carbocycles. The average molecular weight is 286 g/mol. The Bertz CT molecular complexity index is 639. The molecule has 20 heavy (non-hydrogen) atoms. The van der Waals surface area contributed by atoms with E-state index in [4.69, 9.17) is 11.6 Å². The minimum Gasteiger partial charge on any atom is -0.326 e. The second-order valence-corrected chi connectivity index (χ2v) is 5.72. The number of carbonyl (C=O) groups excluding carboxylic acids is 1. The topological polar surface area (TPSA) is 29.1 Å². The van der Waals surface area contributed by atoms with Gasteiger partial charge in [0.15, 0.2) is 0 Å². The molecule has 0 radical (unpaired) electrons. The average Bonchev–Trinajstić information content (AvgIpc) is 3.24. The van der Waals surface area contributed by atoms with Gasteiger partial charge in [-0.3, -0.25) is 4.79 Å². The number of halogens is 1. The summed E-state index contributed by atoms with van der Waals surface area (Å²) in [7, 11) is 0. The van der Waals surface area contributed by atoms with Gasteiger partial charge in [-0.25, -0.2) is 0 Å². The first kappa shape index (κ1) is 13.2. The van der Waals surface area contributed by atoms with Crippen molar-refractivity contribution in [2.75, 3.05) is 5.32 Å². The highest BCUT2D eigenvalue weighted by molar-refractivity contribution is 6.31. The number of nitrogens with one attached hydrogen (secondary N) is 1. The van der Waals surface area contributed by atoms with Crippen molar-refractivity contribution in [3.8, 4) is 0 Å². The van der Waals surface area contributed by atoms with Crippen molar-refractivity contribution in [1.82, 2.24) is 0 Å². The number of carbonyl (C=O) groups is 1. The summed E-state index contributed by atoms with van der Waals surface area (Å²) in [6, 6.07) is 15.8. The van der Waals surface area contributed by atoms with E-state index in [0.29, 0.717) is 10.9 Å². The molecule has 1 N–H and O–H groups in total. The summed E-state index contributed by atoms with van der Waals surface area (Å²) < 4.78 is 0. The molecule has 2 nitrogen and oxygen atoms in total. The van der Waals surface area contributed by atoms with Crippen molar-refractivity contribution in [2.45, 2.75) is 19.3 Å². The lowest BCUT2D eigenvalue weighted by molar-refractivity contribution is -0.117. The van der Waals surface area contributed by atoms with Gasteiger partial charge in [0.2, 0.25) is 5.91 Å². The van der Waals surface area contributed by atoms with Crippen molar-refractivity contribution < 1.29 is 4.79 Å². The molecule has 1 amide bonds. The van der Waals surface area contributed by atoms with E-state index in [2.05, 4.69) is 17.4 Å². The van der Waals surface area contributed by atoms with Gasteiger partial charge in [0.1, 0.15) is 0 Å². The zero-order valence-corrected chi connectivity index (χ0v) is 12.0. The molecule has 0 aliphatic heterocycles. The first-order chi connectivity index (χ1) is 9.65. The minimum absolute atomic E-state index is 0.0810. The predicted octanol–water partition coefficient (Wildman–Crippen LogP) is 4.39. The van der Waals surface area contributed by atoms with Crippen molar-refractivity contribution in [3.63, 3.8) is 0 Å². The fourth-order valence-electron chi connectivity index (χ4n) is 2.46. The molecule has 1 saturated carbocycles. The van der Waals surface area contributed by atoms with Crippen LogP contribution in [0.2, 0.25) is 5.02 Å². The summed E-state index contributed by atoms with van der Waals surface area (Å²) in [4.78, 5) is 12.2. The van der Waals surface area contributed by atoms with E-state index in [0.717, 1.165) is 17.7 Å². The van der Waals surface area contributed by atoms with Crippen LogP contribution in [0.4, 0.5) is 5.69 Å². The van der Waals surface area contributed by atoms with Gasteiger partial charge in [-0.05, 0) is 42.5 Å². The molecular weight excluding hydrogens is 270 g/mol. The van der Waals surface area contributed by atoms with Crippen molar-refractivity contribution in [3.05, 3.63) is 64.7 Å². The van der Waals surface area contributed by atoms with Gasteiger partial charge in [0.25, 0.3) is 0 Å². The van der Waals surface area contributed by atoms with Crippen LogP contribution in [0.15, 0.2) is 48.5 Å². The Morgan fingerprint density at radius 3 is 2.65 bits per heavy atom. The maximum atomic E-state index is 12.2. The molecule has 0 heterocycles. The predicted molar refractivity (Wildman–Crippen MR) is 82.1 cm³/mol. The van der Waals surface area contributed by atoms with E-state index in [1.165, 1.54) is 5.56 Å². The summed E-state index contributed by atoms with van der Waals surface area (Å²) in [5, 5.41) is 3.63. The van der Waals surface area contributed by atoms with Crippen LogP contribution in [-0.4, -0.2) is 5.91 Å². The van der Waals surface area contributed by atoms with E-state index in [1.807, 2.05) is 37.3 Å². The Balaban J connectivity index is 1.65. The normalized spacial score (nSPS) is 20.5. The van der Waals surface area contributed by atoms with Crippen molar-refractivity contribution >= 4 is 23.2 Å². The summed E-state index contributed by atoms with van der Waals surface area (Å²) in [6.45, 7) is 1.94. The largest absolute Gasteiger partial charge is 0.326 e. The molecule has 1 fully saturated rings. The molecule has 0 spiro atoms. The smallest absolute Gasteiger partial charge is 0.228 e. The summed E-state index contributed by atoms with van der Waals surface area (Å²) in [5.74, 6) is 0.522. The number of hydrogen-bond acceptors (Lipinski definition) is 1. The third-order valence-corrected chi connectivity index (χ3v) is 4.20. The van der Waals surface area contributed by atoms with Crippen LogP contribution in [-0.2, 0) is 4.79 Å². The third-order valence-electron chi connectivity index (χ3n) is 3.79. The van der Waals surface area contributed by atoms with E-state index in [-0.39, 0.29) is 11.8 Å². The van der Waals surface area contributed by atoms with Gasteiger partial charge in [0.05, 0.1) is 0 Å². The lowest BCUT2D eigenvalue weighted by atomic mass is 10.1. The van der Waals surface area contributed by atoms with Gasteiger partial charge < -0.3 is 5.32 Å². The van der Waals surface area contributed by atoms with Crippen LogP contribution < -0.4 is 5.32 Å². The van der Waals surface area contributed by atoms with Crippen LogP contribution in [0, 0.1) is 12.8 Å². The minimum atomic E-state index is 0.0810. The Morgan fingerprint density at radius 2 is 1.95 bits per heavy atom. The number of anilines is 1. The Labute approximate surface area is 123 Å². The van der Waals surface area contributed by atoms with E-state index in [9.17, 15) is 4.79 Å². The fraction of sp³-hybridized carbons (Fsp3) is 0.235. The number of amides is 1. The monoisotopic (exact) mass is 285 g/mol. The molecule has 3 rings (SSSR count). The van der Waals surface area contributed by atoms with Gasteiger partial charge in [-0.2, -0.15) is 0 Å². The fourth-order valence-corrected chi connectivity index (χ4v) is 2.64. The third kappa shape index (κ3) is 2.70. The van der Waals surface area contributed by atoms with E-state index < -0.39 is 0 Å². The van der Waals surface area contributed by atoms with Crippen LogP contribution in [0.25, 0.3) is 0 Å². The van der Waals surface area contributed by atoms with Crippen molar-refractivity contribution in [1.29, 1.82) is 0 Å². The molecule has 1 aliphatic carbocycles. The Morgan fingerprint density at radius 1 is 1.20 bits per heavy atom. The van der Waals surface area contributed by atoms with Gasteiger partial charge in [-0.15, -0.1) is 0 Å². The lowest BCUT2D eigenvalue weighted by Gasteiger charge is -2.07. The van der Waals surface area contributed by atoms with Crippen molar-refractivity contribution in [2.24, 2.45) is 5.92 Å². The summed E-state index contributed by atoms with van der Waals surface area (Å²) in [5.41, 5.74) is 3.03. The quantitative estimate of drug-likeness (QED) is 0.890. The van der Waals surface area contributed by atoms with Gasteiger partial charge in [0, 0.05) is 16.6 Å². The molecule has 102 valence electrons. The first-order valence-electron chi connectivity index (χ1n) is 6.77. The second kappa shape index (κ2) is 5.29. The zero-order valence-electron chi connectivity index (χ0n) is 11.3. The van der Waals surface area contributed by atoms with Crippen LogP contribution in [0.5, 0.6) is 0 Å². The maximum absolute atomic E-state index is 12.2. The van der Waals surface area contributed by atoms with Crippen LogP contribution >= 0.6 is 11.6 Å². The summed E-state index contributed by atoms with van der Waals surface area (Å²) >= 11 is 6.07. The zero-order chi connectivity index (χ0) is 14.1. The number of aryl methyl sites for hydroxylation is 1. The highest BCUT2D eigenvalue weighted by atomic mass is 35.5. The Kier molecular flexibility index (Phi) is 3.49. The molecule has 0 unspecified atom stereocenters. The number of hydrogen-bond donors (Lipinski definition) is 1.